The zero-order valence-electron chi connectivity index (χ0n) is 9.15. The summed E-state index contributed by atoms with van der Waals surface area (Å²) in [4.78, 5) is 11.0. The van der Waals surface area contributed by atoms with Gasteiger partial charge in [-0.15, -0.1) is 0 Å². The molecule has 5 nitrogen and oxygen atoms in total. The lowest BCUT2D eigenvalue weighted by Crippen LogP contribution is -2.40. The van der Waals surface area contributed by atoms with E-state index in [1.54, 1.807) is 5.01 Å². The largest absolute Gasteiger partial charge is 0.478 e. The van der Waals surface area contributed by atoms with Crippen LogP contribution in [0.2, 0.25) is 0 Å². The molecule has 1 heterocycles. The molecule has 0 unspecified atom stereocenters. The van der Waals surface area contributed by atoms with Crippen molar-refractivity contribution in [3.63, 3.8) is 0 Å². The van der Waals surface area contributed by atoms with Crippen LogP contribution >= 0.6 is 0 Å². The van der Waals surface area contributed by atoms with E-state index in [0.717, 1.165) is 0 Å². The predicted molar refractivity (Wildman–Crippen MR) is 59.4 cm³/mol. The molecule has 0 bridgehead atoms. The van der Waals surface area contributed by atoms with Crippen molar-refractivity contribution >= 4 is 11.7 Å². The summed E-state index contributed by atoms with van der Waals surface area (Å²) >= 11 is 0. The van der Waals surface area contributed by atoms with Crippen molar-refractivity contribution in [3.8, 4) is 0 Å². The van der Waals surface area contributed by atoms with E-state index in [9.17, 15) is 9.18 Å². The van der Waals surface area contributed by atoms with Crippen molar-refractivity contribution in [2.75, 3.05) is 31.7 Å². The van der Waals surface area contributed by atoms with Gasteiger partial charge in [0.05, 0.1) is 24.5 Å². The second kappa shape index (κ2) is 5.11. The molecule has 0 aliphatic carbocycles. The van der Waals surface area contributed by atoms with Crippen LogP contribution in [-0.4, -0.2) is 42.4 Å². The summed E-state index contributed by atoms with van der Waals surface area (Å²) in [5, 5.41) is 10.7. The lowest BCUT2D eigenvalue weighted by molar-refractivity contribution is 0.0493. The van der Waals surface area contributed by atoms with E-state index in [2.05, 4.69) is 5.43 Å². The Hall–Kier alpha value is -1.66. The Kier molecular flexibility index (Phi) is 3.55. The maximum absolute atomic E-state index is 13.6. The van der Waals surface area contributed by atoms with Gasteiger partial charge in [-0.3, -0.25) is 0 Å². The quantitative estimate of drug-likeness (QED) is 0.830. The van der Waals surface area contributed by atoms with Gasteiger partial charge in [-0.25, -0.2) is 14.2 Å². The average Bonchev–Trinajstić information content (AvgIpc) is 2.33. The summed E-state index contributed by atoms with van der Waals surface area (Å²) in [6, 6.07) is 3.98. The van der Waals surface area contributed by atoms with Gasteiger partial charge in [0.15, 0.2) is 0 Å². The number of benzene rings is 1. The molecule has 0 spiro atoms. The summed E-state index contributed by atoms with van der Waals surface area (Å²) in [5.41, 5.74) is 2.73. The number of carboxylic acids is 1. The van der Waals surface area contributed by atoms with Gasteiger partial charge in [-0.05, 0) is 12.1 Å². The predicted octanol–water partition coefficient (Wildman–Crippen LogP) is 1.18. The van der Waals surface area contributed by atoms with Crippen molar-refractivity contribution in [1.82, 2.24) is 5.01 Å². The zero-order chi connectivity index (χ0) is 12.3. The molecule has 1 saturated heterocycles. The lowest BCUT2D eigenvalue weighted by Gasteiger charge is -2.28. The average molecular weight is 240 g/mol. The van der Waals surface area contributed by atoms with Crippen LogP contribution in [0.3, 0.4) is 0 Å². The maximum Gasteiger partial charge on any atom is 0.337 e. The standard InChI is InChI=1S/C11H13FN2O3/c12-9-3-1-2-8(11(15)16)10(9)13-14-4-6-17-7-5-14/h1-3,13H,4-7H2,(H,15,16). The Bertz CT molecular complexity index is 419. The Labute approximate surface area is 97.8 Å². The van der Waals surface area contributed by atoms with Crippen LogP contribution in [0, 0.1) is 5.82 Å². The van der Waals surface area contributed by atoms with Gasteiger partial charge in [0.25, 0.3) is 0 Å². The van der Waals surface area contributed by atoms with E-state index in [0.29, 0.717) is 26.3 Å². The van der Waals surface area contributed by atoms with Gasteiger partial charge in [0.1, 0.15) is 5.82 Å². The highest BCUT2D eigenvalue weighted by Crippen LogP contribution is 2.20. The molecule has 2 N–H and O–H groups in total. The van der Waals surface area contributed by atoms with Gasteiger partial charge < -0.3 is 15.3 Å². The highest BCUT2D eigenvalue weighted by Gasteiger charge is 2.18. The summed E-state index contributed by atoms with van der Waals surface area (Å²) in [6.45, 7) is 2.27. The molecule has 0 atom stereocenters. The lowest BCUT2D eigenvalue weighted by atomic mass is 10.2. The maximum atomic E-state index is 13.6. The Morgan fingerprint density at radius 2 is 2.12 bits per heavy atom. The van der Waals surface area contributed by atoms with E-state index in [1.165, 1.54) is 18.2 Å². The van der Waals surface area contributed by atoms with Crippen molar-refractivity contribution in [1.29, 1.82) is 0 Å². The van der Waals surface area contributed by atoms with Gasteiger partial charge in [-0.2, -0.15) is 0 Å². The first-order valence-corrected chi connectivity index (χ1v) is 5.29. The number of rotatable bonds is 3. The minimum absolute atomic E-state index is 0.00176. The monoisotopic (exact) mass is 240 g/mol. The van der Waals surface area contributed by atoms with Crippen LogP contribution in [0.15, 0.2) is 18.2 Å². The molecule has 0 saturated carbocycles. The number of halogens is 1. The first-order chi connectivity index (χ1) is 8.18. The van der Waals surface area contributed by atoms with Crippen LogP contribution in [0.25, 0.3) is 0 Å². The number of anilines is 1. The summed E-state index contributed by atoms with van der Waals surface area (Å²) < 4.78 is 18.7. The van der Waals surface area contributed by atoms with Gasteiger partial charge in [0.2, 0.25) is 0 Å². The highest BCUT2D eigenvalue weighted by atomic mass is 19.1. The number of nitrogens with zero attached hydrogens (tertiary/aromatic N) is 1. The van der Waals surface area contributed by atoms with Crippen LogP contribution < -0.4 is 5.43 Å². The molecule has 1 aromatic rings. The Morgan fingerprint density at radius 3 is 2.76 bits per heavy atom. The van der Waals surface area contributed by atoms with Gasteiger partial charge >= 0.3 is 5.97 Å². The second-order valence-electron chi connectivity index (χ2n) is 3.68. The second-order valence-corrected chi connectivity index (χ2v) is 3.68. The normalized spacial score (nSPS) is 16.8. The molecule has 0 aromatic heterocycles. The molecule has 1 aliphatic heterocycles. The minimum Gasteiger partial charge on any atom is -0.478 e. The van der Waals surface area contributed by atoms with Crippen LogP contribution in [-0.2, 0) is 4.74 Å². The summed E-state index contributed by atoms with van der Waals surface area (Å²) in [7, 11) is 0. The number of aromatic carboxylic acids is 1. The number of hydrogen-bond acceptors (Lipinski definition) is 4. The summed E-state index contributed by atoms with van der Waals surface area (Å²) in [5.74, 6) is -1.73. The van der Waals surface area contributed by atoms with Gasteiger partial charge in [-0.1, -0.05) is 6.07 Å². The van der Waals surface area contributed by atoms with E-state index in [1.807, 2.05) is 0 Å². The number of hydrogen-bond donors (Lipinski definition) is 2. The molecule has 0 amide bonds. The third-order valence-corrected chi connectivity index (χ3v) is 2.53. The molecule has 2 rings (SSSR count). The minimum atomic E-state index is -1.15. The fourth-order valence-corrected chi connectivity index (χ4v) is 1.65. The zero-order valence-corrected chi connectivity index (χ0v) is 9.15. The number of ether oxygens (including phenoxy) is 1. The Balaban J connectivity index is 2.21. The van der Waals surface area contributed by atoms with Crippen molar-refractivity contribution < 1.29 is 19.0 Å². The van der Waals surface area contributed by atoms with Crippen LogP contribution in [0.5, 0.6) is 0 Å². The number of carboxylic acid groups (broad SMARTS) is 1. The molecule has 92 valence electrons. The van der Waals surface area contributed by atoms with Crippen LogP contribution in [0.4, 0.5) is 10.1 Å². The molecule has 1 aliphatic rings. The number of carbonyl (C=O) groups is 1. The molecule has 1 aromatic carbocycles. The third-order valence-electron chi connectivity index (χ3n) is 2.53. The molecule has 17 heavy (non-hydrogen) atoms. The van der Waals surface area contributed by atoms with Gasteiger partial charge in [0, 0.05) is 13.1 Å². The van der Waals surface area contributed by atoms with E-state index >= 15 is 0 Å². The van der Waals surface area contributed by atoms with Crippen molar-refractivity contribution in [3.05, 3.63) is 29.6 Å². The van der Waals surface area contributed by atoms with Crippen molar-refractivity contribution in [2.24, 2.45) is 0 Å². The SMILES string of the molecule is O=C(O)c1cccc(F)c1NN1CCOCC1. The number of morpholine rings is 1. The number of para-hydroxylation sites is 1. The summed E-state index contributed by atoms with van der Waals surface area (Å²) in [6.07, 6.45) is 0. The number of nitrogens with one attached hydrogen (secondary N) is 1. The molecule has 1 fully saturated rings. The number of hydrazine groups is 1. The van der Waals surface area contributed by atoms with E-state index in [4.69, 9.17) is 9.84 Å². The van der Waals surface area contributed by atoms with E-state index < -0.39 is 11.8 Å². The fourth-order valence-electron chi connectivity index (χ4n) is 1.65. The molecule has 0 radical (unpaired) electrons. The first kappa shape index (κ1) is 11.8. The first-order valence-electron chi connectivity index (χ1n) is 5.29. The molecular weight excluding hydrogens is 227 g/mol. The smallest absolute Gasteiger partial charge is 0.337 e. The van der Waals surface area contributed by atoms with Crippen molar-refractivity contribution in [2.45, 2.75) is 0 Å². The molecular formula is C11H13FN2O3. The van der Waals surface area contributed by atoms with E-state index in [-0.39, 0.29) is 11.3 Å². The topological polar surface area (TPSA) is 61.8 Å². The van der Waals surface area contributed by atoms with Crippen LogP contribution in [0.1, 0.15) is 10.4 Å². The fraction of sp³-hybridized carbons (Fsp3) is 0.364. The third kappa shape index (κ3) is 2.72. The highest BCUT2D eigenvalue weighted by molar-refractivity contribution is 5.94. The Morgan fingerprint density at radius 1 is 1.41 bits per heavy atom. The molecule has 6 heteroatoms.